The van der Waals surface area contributed by atoms with Crippen molar-refractivity contribution in [2.75, 3.05) is 13.1 Å². The van der Waals surface area contributed by atoms with Crippen molar-refractivity contribution in [2.24, 2.45) is 0 Å². The van der Waals surface area contributed by atoms with E-state index < -0.39 is 0 Å². The summed E-state index contributed by atoms with van der Waals surface area (Å²) in [6.45, 7) is 7.74. The summed E-state index contributed by atoms with van der Waals surface area (Å²) in [5.74, 6) is 0. The van der Waals surface area contributed by atoms with Gasteiger partial charge in [-0.1, -0.05) is 25.1 Å². The highest BCUT2D eigenvalue weighted by molar-refractivity contribution is 5.89. The third-order valence-corrected chi connectivity index (χ3v) is 5.08. The first-order valence-electron chi connectivity index (χ1n) is 8.69. The van der Waals surface area contributed by atoms with Gasteiger partial charge in [-0.3, -0.25) is 9.88 Å². The third-order valence-electron chi connectivity index (χ3n) is 5.08. The largest absolute Gasteiger partial charge is 0.320 e. The minimum atomic E-state index is 1.06. The van der Waals surface area contributed by atoms with Gasteiger partial charge in [0.05, 0.1) is 5.52 Å². The van der Waals surface area contributed by atoms with Crippen LogP contribution in [-0.2, 0) is 13.0 Å². The van der Waals surface area contributed by atoms with E-state index in [1.54, 1.807) is 0 Å². The molecule has 0 aliphatic carbocycles. The first kappa shape index (κ1) is 15.2. The van der Waals surface area contributed by atoms with Gasteiger partial charge in [0.25, 0.3) is 0 Å². The molecular formula is C21H23N3. The van der Waals surface area contributed by atoms with Gasteiger partial charge >= 0.3 is 0 Å². The molecule has 0 radical (unpaired) electrons. The van der Waals surface area contributed by atoms with Crippen LogP contribution in [0, 0.1) is 0 Å². The number of hydrogen-bond acceptors (Lipinski definition) is 2. The molecule has 3 heterocycles. The molecule has 122 valence electrons. The first-order valence-corrected chi connectivity index (χ1v) is 8.69. The Balaban J connectivity index is 1.87. The lowest BCUT2D eigenvalue weighted by atomic mass is 10.0. The smallest absolute Gasteiger partial charge is 0.0528 e. The summed E-state index contributed by atoms with van der Waals surface area (Å²) >= 11 is 0. The van der Waals surface area contributed by atoms with Crippen LogP contribution in [0.25, 0.3) is 22.7 Å². The van der Waals surface area contributed by atoms with E-state index in [4.69, 9.17) is 0 Å². The molecule has 3 aromatic rings. The van der Waals surface area contributed by atoms with E-state index in [2.05, 4.69) is 70.9 Å². The van der Waals surface area contributed by atoms with Gasteiger partial charge in [-0.05, 0) is 48.4 Å². The zero-order valence-electron chi connectivity index (χ0n) is 14.4. The number of para-hydroxylation sites is 1. The molecule has 2 aromatic heterocycles. The SMILES string of the molecule is CCN1CCc2c(c3ccccc3n2/C=C(\C)c2ccncc2)C1. The number of allylic oxidation sites excluding steroid dienone is 1. The maximum Gasteiger partial charge on any atom is 0.0528 e. The molecule has 0 saturated heterocycles. The van der Waals surface area contributed by atoms with Crippen LogP contribution in [0.3, 0.4) is 0 Å². The quantitative estimate of drug-likeness (QED) is 0.712. The summed E-state index contributed by atoms with van der Waals surface area (Å²) < 4.78 is 2.41. The maximum atomic E-state index is 4.12. The molecule has 0 atom stereocenters. The second kappa shape index (κ2) is 6.25. The lowest BCUT2D eigenvalue weighted by Crippen LogP contribution is -2.30. The van der Waals surface area contributed by atoms with Crippen LogP contribution in [0.5, 0.6) is 0 Å². The van der Waals surface area contributed by atoms with Crippen molar-refractivity contribution in [1.29, 1.82) is 0 Å². The highest BCUT2D eigenvalue weighted by Crippen LogP contribution is 2.32. The Bertz CT molecular complexity index is 890. The Morgan fingerprint density at radius 2 is 1.96 bits per heavy atom. The van der Waals surface area contributed by atoms with Gasteiger partial charge in [0.1, 0.15) is 0 Å². The summed E-state index contributed by atoms with van der Waals surface area (Å²) in [7, 11) is 0. The van der Waals surface area contributed by atoms with Crippen LogP contribution in [0.4, 0.5) is 0 Å². The number of fused-ring (bicyclic) bond motifs is 3. The Labute approximate surface area is 143 Å². The number of hydrogen-bond donors (Lipinski definition) is 0. The Morgan fingerprint density at radius 1 is 1.17 bits per heavy atom. The third kappa shape index (κ3) is 2.55. The Hall–Kier alpha value is -2.39. The average Bonchev–Trinajstić information content (AvgIpc) is 2.96. The zero-order chi connectivity index (χ0) is 16.5. The molecule has 1 aromatic carbocycles. The monoisotopic (exact) mass is 317 g/mol. The van der Waals surface area contributed by atoms with E-state index in [1.165, 1.54) is 33.3 Å². The van der Waals surface area contributed by atoms with Crippen molar-refractivity contribution < 1.29 is 0 Å². The number of likely N-dealkylation sites (N-methyl/N-ethyl adjacent to an activating group) is 1. The molecule has 0 unspecified atom stereocenters. The lowest BCUT2D eigenvalue weighted by molar-refractivity contribution is 0.267. The average molecular weight is 317 g/mol. The summed E-state index contributed by atoms with van der Waals surface area (Å²) in [5.41, 5.74) is 6.77. The fourth-order valence-corrected chi connectivity index (χ4v) is 3.70. The molecule has 0 fully saturated rings. The predicted molar refractivity (Wildman–Crippen MR) is 101 cm³/mol. The van der Waals surface area contributed by atoms with Gasteiger partial charge in [-0.25, -0.2) is 0 Å². The van der Waals surface area contributed by atoms with Crippen LogP contribution in [0.15, 0.2) is 48.8 Å². The fraction of sp³-hybridized carbons (Fsp3) is 0.286. The number of aromatic nitrogens is 2. The molecule has 3 nitrogen and oxygen atoms in total. The van der Waals surface area contributed by atoms with Crippen molar-refractivity contribution in [3.05, 3.63) is 65.6 Å². The normalized spacial score (nSPS) is 15.7. The summed E-state index contributed by atoms with van der Waals surface area (Å²) in [6.07, 6.45) is 7.11. The van der Waals surface area contributed by atoms with Crippen molar-refractivity contribution in [3.63, 3.8) is 0 Å². The predicted octanol–water partition coefficient (Wildman–Crippen LogP) is 4.43. The van der Waals surface area contributed by atoms with Crippen molar-refractivity contribution in [3.8, 4) is 0 Å². The van der Waals surface area contributed by atoms with Gasteiger partial charge in [0, 0.05) is 49.2 Å². The van der Waals surface area contributed by atoms with Crippen LogP contribution in [0.1, 0.15) is 30.7 Å². The minimum absolute atomic E-state index is 1.06. The molecule has 3 heteroatoms. The Morgan fingerprint density at radius 3 is 2.75 bits per heavy atom. The van der Waals surface area contributed by atoms with Crippen LogP contribution in [0.2, 0.25) is 0 Å². The fourth-order valence-electron chi connectivity index (χ4n) is 3.70. The van der Waals surface area contributed by atoms with E-state index >= 15 is 0 Å². The van der Waals surface area contributed by atoms with E-state index in [0.29, 0.717) is 0 Å². The van der Waals surface area contributed by atoms with Crippen molar-refractivity contribution >= 4 is 22.7 Å². The van der Waals surface area contributed by atoms with E-state index in [-0.39, 0.29) is 0 Å². The van der Waals surface area contributed by atoms with Crippen LogP contribution < -0.4 is 0 Å². The summed E-state index contributed by atoms with van der Waals surface area (Å²) in [4.78, 5) is 6.65. The number of rotatable bonds is 3. The molecule has 1 aliphatic rings. The van der Waals surface area contributed by atoms with Crippen LogP contribution in [-0.4, -0.2) is 27.5 Å². The summed E-state index contributed by atoms with van der Waals surface area (Å²) in [6, 6.07) is 12.9. The van der Waals surface area contributed by atoms with Crippen molar-refractivity contribution in [1.82, 2.24) is 14.5 Å². The number of pyridine rings is 1. The van der Waals surface area contributed by atoms with Gasteiger partial charge in [-0.2, -0.15) is 0 Å². The maximum absolute atomic E-state index is 4.12. The molecule has 0 amide bonds. The van der Waals surface area contributed by atoms with Gasteiger partial charge in [0.15, 0.2) is 0 Å². The standard InChI is InChI=1S/C21H23N3/c1-3-23-13-10-21-19(15-23)18-6-4-5-7-20(18)24(21)14-16(2)17-8-11-22-12-9-17/h4-9,11-12,14H,3,10,13,15H2,1-2H3/b16-14+. The van der Waals surface area contributed by atoms with Crippen molar-refractivity contribution in [2.45, 2.75) is 26.8 Å². The molecule has 1 aliphatic heterocycles. The Kier molecular flexibility index (Phi) is 3.95. The summed E-state index contributed by atoms with van der Waals surface area (Å²) in [5, 5.41) is 1.39. The lowest BCUT2D eigenvalue weighted by Gasteiger charge is -2.26. The molecule has 0 saturated carbocycles. The topological polar surface area (TPSA) is 21.1 Å². The molecular weight excluding hydrogens is 294 g/mol. The van der Waals surface area contributed by atoms with E-state index in [9.17, 15) is 0 Å². The van der Waals surface area contributed by atoms with Gasteiger partial charge in [-0.15, -0.1) is 0 Å². The van der Waals surface area contributed by atoms with E-state index in [1.807, 2.05) is 12.4 Å². The highest BCUT2D eigenvalue weighted by Gasteiger charge is 2.22. The number of nitrogens with zero attached hydrogens (tertiary/aromatic N) is 3. The molecule has 0 bridgehead atoms. The molecule has 4 rings (SSSR count). The highest BCUT2D eigenvalue weighted by atomic mass is 15.1. The second-order valence-corrected chi connectivity index (χ2v) is 6.48. The minimum Gasteiger partial charge on any atom is -0.320 e. The second-order valence-electron chi connectivity index (χ2n) is 6.48. The number of benzene rings is 1. The molecule has 0 N–H and O–H groups in total. The first-order chi connectivity index (χ1) is 11.8. The molecule has 0 spiro atoms. The zero-order valence-corrected chi connectivity index (χ0v) is 14.4. The van der Waals surface area contributed by atoms with E-state index in [0.717, 1.165) is 26.1 Å². The van der Waals surface area contributed by atoms with Gasteiger partial charge < -0.3 is 4.57 Å². The van der Waals surface area contributed by atoms with Gasteiger partial charge in [0.2, 0.25) is 0 Å². The molecule has 24 heavy (non-hydrogen) atoms. The van der Waals surface area contributed by atoms with Crippen LogP contribution >= 0.6 is 0 Å².